The van der Waals surface area contributed by atoms with E-state index in [0.717, 1.165) is 20.4 Å². The van der Waals surface area contributed by atoms with Gasteiger partial charge in [0.15, 0.2) is 10.7 Å². The molecule has 8 heteroatoms. The monoisotopic (exact) mass is 455 g/mol. The fraction of sp³-hybridized carbons (Fsp3) is 0.100. The van der Waals surface area contributed by atoms with E-state index in [-0.39, 0.29) is 23.6 Å². The Morgan fingerprint density at radius 2 is 1.89 bits per heavy atom. The first-order valence-corrected chi connectivity index (χ1v) is 10.1. The van der Waals surface area contributed by atoms with Crippen LogP contribution >= 0.6 is 27.3 Å². The molecule has 0 amide bonds. The summed E-state index contributed by atoms with van der Waals surface area (Å²) >= 11 is 4.67. The zero-order valence-corrected chi connectivity index (χ0v) is 17.2. The molecule has 0 atom stereocenters. The van der Waals surface area contributed by atoms with Crippen molar-refractivity contribution in [3.05, 3.63) is 75.5 Å². The van der Waals surface area contributed by atoms with Crippen molar-refractivity contribution in [2.75, 3.05) is 6.61 Å². The maximum atomic E-state index is 13.1. The lowest BCUT2D eigenvalue weighted by molar-refractivity contribution is 0.0516. The number of nitrogens with zero attached hydrogens (tertiary/aromatic N) is 3. The summed E-state index contributed by atoms with van der Waals surface area (Å²) in [6, 6.07) is 14.9. The number of halogens is 1. The lowest BCUT2D eigenvalue weighted by Gasteiger charge is -2.01. The molecule has 4 rings (SSSR count). The van der Waals surface area contributed by atoms with Crippen molar-refractivity contribution in [3.63, 3.8) is 0 Å². The van der Waals surface area contributed by atoms with Crippen LogP contribution in [-0.4, -0.2) is 33.1 Å². The maximum Gasteiger partial charge on any atom is 0.359 e. The topological polar surface area (TPSA) is 74.1 Å². The summed E-state index contributed by atoms with van der Waals surface area (Å²) in [5.74, 6) is -0.990. The molecule has 0 radical (unpaired) electrons. The van der Waals surface area contributed by atoms with E-state index < -0.39 is 5.97 Å². The summed E-state index contributed by atoms with van der Waals surface area (Å²) in [4.78, 5) is 29.9. The standard InChI is InChI=1S/C20H14BrN3O3S/c1-2-27-20(26)17-14(11-24(23-17)13-9-7-12(21)8-10-13)18(25)19-22-15-5-3-4-6-16(15)28-19/h3-11H,2H2,1H3. The molecule has 2 heterocycles. The number of thiazole rings is 1. The van der Waals surface area contributed by atoms with Crippen LogP contribution in [0.5, 0.6) is 0 Å². The highest BCUT2D eigenvalue weighted by molar-refractivity contribution is 9.10. The first-order chi connectivity index (χ1) is 13.6. The third kappa shape index (κ3) is 3.48. The molecular weight excluding hydrogens is 442 g/mol. The Balaban J connectivity index is 1.80. The largest absolute Gasteiger partial charge is 0.461 e. The number of aromatic nitrogens is 3. The Labute approximate surface area is 172 Å². The van der Waals surface area contributed by atoms with Crippen LogP contribution in [0.25, 0.3) is 15.9 Å². The molecule has 0 unspecified atom stereocenters. The highest BCUT2D eigenvalue weighted by Crippen LogP contribution is 2.25. The van der Waals surface area contributed by atoms with Crippen molar-refractivity contribution in [3.8, 4) is 5.69 Å². The van der Waals surface area contributed by atoms with E-state index in [1.54, 1.807) is 13.1 Å². The fourth-order valence-corrected chi connectivity index (χ4v) is 3.89. The van der Waals surface area contributed by atoms with E-state index in [9.17, 15) is 9.59 Å². The number of carbonyl (C=O) groups is 2. The van der Waals surface area contributed by atoms with Gasteiger partial charge >= 0.3 is 5.97 Å². The van der Waals surface area contributed by atoms with Gasteiger partial charge in [0.05, 0.1) is 28.1 Å². The van der Waals surface area contributed by atoms with Gasteiger partial charge in [-0.3, -0.25) is 4.79 Å². The van der Waals surface area contributed by atoms with Gasteiger partial charge < -0.3 is 4.74 Å². The van der Waals surface area contributed by atoms with Gasteiger partial charge in [-0.15, -0.1) is 11.3 Å². The molecule has 0 N–H and O–H groups in total. The molecule has 0 saturated carbocycles. The Kier molecular flexibility index (Phi) is 5.06. The molecule has 0 fully saturated rings. The average molecular weight is 456 g/mol. The highest BCUT2D eigenvalue weighted by Gasteiger charge is 2.26. The molecule has 0 saturated heterocycles. The molecule has 28 heavy (non-hydrogen) atoms. The van der Waals surface area contributed by atoms with Crippen molar-refractivity contribution in [1.29, 1.82) is 0 Å². The Bertz CT molecular complexity index is 1150. The normalized spacial score (nSPS) is 10.9. The molecule has 0 aliphatic carbocycles. The number of hydrogen-bond acceptors (Lipinski definition) is 6. The van der Waals surface area contributed by atoms with Crippen molar-refractivity contribution >= 4 is 49.2 Å². The van der Waals surface area contributed by atoms with Crippen LogP contribution < -0.4 is 0 Å². The van der Waals surface area contributed by atoms with Gasteiger partial charge in [-0.2, -0.15) is 5.10 Å². The quantitative estimate of drug-likeness (QED) is 0.323. The van der Waals surface area contributed by atoms with Crippen LogP contribution in [0.2, 0.25) is 0 Å². The molecule has 0 spiro atoms. The maximum absolute atomic E-state index is 13.1. The van der Waals surface area contributed by atoms with E-state index in [2.05, 4.69) is 26.0 Å². The van der Waals surface area contributed by atoms with Crippen LogP contribution in [0, 0.1) is 0 Å². The van der Waals surface area contributed by atoms with E-state index in [4.69, 9.17) is 4.74 Å². The lowest BCUT2D eigenvalue weighted by Crippen LogP contribution is -2.12. The lowest BCUT2D eigenvalue weighted by atomic mass is 10.1. The van der Waals surface area contributed by atoms with Gasteiger partial charge in [-0.05, 0) is 43.3 Å². The number of carbonyl (C=O) groups excluding carboxylic acids is 2. The number of esters is 1. The van der Waals surface area contributed by atoms with Gasteiger partial charge in [0.1, 0.15) is 0 Å². The average Bonchev–Trinajstić information content (AvgIpc) is 3.33. The zero-order valence-electron chi connectivity index (χ0n) is 14.8. The highest BCUT2D eigenvalue weighted by atomic mass is 79.9. The minimum atomic E-state index is -0.636. The zero-order chi connectivity index (χ0) is 19.7. The minimum absolute atomic E-state index is 0.0194. The van der Waals surface area contributed by atoms with E-state index in [1.807, 2.05) is 48.5 Å². The van der Waals surface area contributed by atoms with Crippen LogP contribution in [0.1, 0.15) is 32.8 Å². The number of benzene rings is 2. The van der Waals surface area contributed by atoms with Gasteiger partial charge in [0.2, 0.25) is 5.78 Å². The molecule has 140 valence electrons. The molecule has 4 aromatic rings. The molecule has 2 aromatic heterocycles. The second-order valence-electron chi connectivity index (χ2n) is 5.85. The number of ether oxygens (including phenoxy) is 1. The van der Waals surface area contributed by atoms with Crippen molar-refractivity contribution in [2.45, 2.75) is 6.92 Å². The third-order valence-electron chi connectivity index (χ3n) is 4.01. The molecule has 0 aliphatic heterocycles. The van der Waals surface area contributed by atoms with Crippen molar-refractivity contribution in [2.24, 2.45) is 0 Å². The first kappa shape index (κ1) is 18.5. The Morgan fingerprint density at radius 1 is 1.14 bits per heavy atom. The summed E-state index contributed by atoms with van der Waals surface area (Å²) in [7, 11) is 0. The van der Waals surface area contributed by atoms with Crippen molar-refractivity contribution < 1.29 is 14.3 Å². The summed E-state index contributed by atoms with van der Waals surface area (Å²) in [5.41, 5.74) is 1.61. The summed E-state index contributed by atoms with van der Waals surface area (Å²) in [6.45, 7) is 1.90. The molecule has 6 nitrogen and oxygen atoms in total. The number of rotatable bonds is 5. The molecule has 0 aliphatic rings. The fourth-order valence-electron chi connectivity index (χ4n) is 2.70. The van der Waals surface area contributed by atoms with Gasteiger partial charge in [-0.1, -0.05) is 28.1 Å². The predicted octanol–water partition coefficient (Wildman–Crippen LogP) is 4.65. The predicted molar refractivity (Wildman–Crippen MR) is 110 cm³/mol. The van der Waals surface area contributed by atoms with Crippen LogP contribution in [0.4, 0.5) is 0 Å². The van der Waals surface area contributed by atoms with Gasteiger partial charge in [-0.25, -0.2) is 14.5 Å². The summed E-state index contributed by atoms with van der Waals surface area (Å²) in [5, 5.41) is 4.62. The SMILES string of the molecule is CCOC(=O)c1nn(-c2ccc(Br)cc2)cc1C(=O)c1nc2ccccc2s1. The minimum Gasteiger partial charge on any atom is -0.461 e. The second kappa shape index (κ2) is 7.65. The van der Waals surface area contributed by atoms with Gasteiger partial charge in [0.25, 0.3) is 0 Å². The van der Waals surface area contributed by atoms with E-state index in [1.165, 1.54) is 16.0 Å². The third-order valence-corrected chi connectivity index (χ3v) is 5.57. The van der Waals surface area contributed by atoms with E-state index in [0.29, 0.717) is 5.01 Å². The van der Waals surface area contributed by atoms with Crippen molar-refractivity contribution in [1.82, 2.24) is 14.8 Å². The molecule has 0 bridgehead atoms. The number of para-hydroxylation sites is 1. The molecule has 2 aromatic carbocycles. The van der Waals surface area contributed by atoms with Crippen LogP contribution in [-0.2, 0) is 4.74 Å². The number of ketones is 1. The Morgan fingerprint density at radius 3 is 2.61 bits per heavy atom. The van der Waals surface area contributed by atoms with Gasteiger partial charge in [0, 0.05) is 10.7 Å². The first-order valence-electron chi connectivity index (χ1n) is 8.50. The van der Waals surface area contributed by atoms with Crippen LogP contribution in [0.15, 0.2) is 59.2 Å². The van der Waals surface area contributed by atoms with E-state index >= 15 is 0 Å². The molecular formula is C20H14BrN3O3S. The summed E-state index contributed by atoms with van der Waals surface area (Å²) < 4.78 is 8.41. The van der Waals surface area contributed by atoms with Crippen LogP contribution in [0.3, 0.4) is 0 Å². The Hall–Kier alpha value is -2.84. The second-order valence-corrected chi connectivity index (χ2v) is 7.80. The number of fused-ring (bicyclic) bond motifs is 1. The summed E-state index contributed by atoms with van der Waals surface area (Å²) in [6.07, 6.45) is 1.55. The smallest absolute Gasteiger partial charge is 0.359 e. The number of hydrogen-bond donors (Lipinski definition) is 0.